The highest BCUT2D eigenvalue weighted by Gasteiger charge is 2.08. The van der Waals surface area contributed by atoms with Crippen molar-refractivity contribution < 1.29 is 0 Å². The van der Waals surface area contributed by atoms with Crippen LogP contribution < -0.4 is 0 Å². The third kappa shape index (κ3) is 2.55. The van der Waals surface area contributed by atoms with Crippen LogP contribution in [0.2, 0.25) is 0 Å². The van der Waals surface area contributed by atoms with E-state index in [1.54, 1.807) is 0 Å². The number of H-pyrrole nitrogens is 1. The summed E-state index contributed by atoms with van der Waals surface area (Å²) in [7, 11) is 0. The molecule has 3 heteroatoms. The van der Waals surface area contributed by atoms with E-state index < -0.39 is 0 Å². The van der Waals surface area contributed by atoms with Crippen LogP contribution in [-0.2, 0) is 5.75 Å². The van der Waals surface area contributed by atoms with E-state index in [4.69, 9.17) is 0 Å². The maximum absolute atomic E-state index is 4.29. The summed E-state index contributed by atoms with van der Waals surface area (Å²) in [6.07, 6.45) is 1.89. The highest BCUT2D eigenvalue weighted by molar-refractivity contribution is 7.79. The fraction of sp³-hybridized carbons (Fsp3) is 0.357. The van der Waals surface area contributed by atoms with Crippen molar-refractivity contribution in [3.05, 3.63) is 41.3 Å². The summed E-state index contributed by atoms with van der Waals surface area (Å²) in [5.41, 5.74) is 4.93. The molecule has 1 aromatic carbocycles. The van der Waals surface area contributed by atoms with Crippen LogP contribution in [0.15, 0.2) is 24.4 Å². The second kappa shape index (κ2) is 4.96. The molecule has 2 aromatic rings. The molecule has 2 nitrogen and oxygen atoms in total. The van der Waals surface area contributed by atoms with Gasteiger partial charge in [0.05, 0.1) is 11.9 Å². The van der Waals surface area contributed by atoms with Gasteiger partial charge in [-0.15, -0.1) is 0 Å². The molecule has 0 aliphatic carbocycles. The van der Waals surface area contributed by atoms with E-state index in [1.165, 1.54) is 16.7 Å². The first-order valence-corrected chi connectivity index (χ1v) is 6.50. The Morgan fingerprint density at radius 3 is 2.71 bits per heavy atom. The summed E-state index contributed by atoms with van der Waals surface area (Å²) in [6.45, 7) is 6.54. The predicted molar refractivity (Wildman–Crippen MR) is 75.5 cm³/mol. The fourth-order valence-corrected chi connectivity index (χ4v) is 2.03. The Balaban J connectivity index is 2.46. The summed E-state index contributed by atoms with van der Waals surface area (Å²) in [4.78, 5) is 7.59. The molecule has 0 radical (unpaired) electrons. The van der Waals surface area contributed by atoms with Gasteiger partial charge in [-0.05, 0) is 30.0 Å². The number of hydrogen-bond donors (Lipinski definition) is 2. The molecule has 0 fully saturated rings. The molecule has 1 aromatic heterocycles. The van der Waals surface area contributed by atoms with Crippen molar-refractivity contribution in [2.24, 2.45) is 0 Å². The molecule has 90 valence electrons. The fourth-order valence-electron chi connectivity index (χ4n) is 1.87. The molecule has 0 unspecified atom stereocenters. The predicted octanol–water partition coefficient (Wildman–Crippen LogP) is 3.94. The Morgan fingerprint density at radius 2 is 2.12 bits per heavy atom. The van der Waals surface area contributed by atoms with E-state index in [-0.39, 0.29) is 0 Å². The maximum Gasteiger partial charge on any atom is 0.116 e. The van der Waals surface area contributed by atoms with Crippen LogP contribution in [0, 0.1) is 6.92 Å². The number of thiol groups is 1. The number of hydrogen-bond acceptors (Lipinski definition) is 2. The zero-order valence-electron chi connectivity index (χ0n) is 10.5. The van der Waals surface area contributed by atoms with Gasteiger partial charge < -0.3 is 4.98 Å². The SMILES string of the molecule is Cc1ccc(C(C)C)cc1-c1cnc(CS)[nH]1. The number of aromatic nitrogens is 2. The molecule has 0 saturated heterocycles. The lowest BCUT2D eigenvalue weighted by molar-refractivity contribution is 0.866. The number of nitrogens with zero attached hydrogens (tertiary/aromatic N) is 1. The van der Waals surface area contributed by atoms with Gasteiger partial charge in [0.25, 0.3) is 0 Å². The Hall–Kier alpha value is -1.22. The first kappa shape index (κ1) is 12.2. The van der Waals surface area contributed by atoms with Crippen LogP contribution in [0.5, 0.6) is 0 Å². The zero-order valence-corrected chi connectivity index (χ0v) is 11.4. The molecule has 1 N–H and O–H groups in total. The Kier molecular flexibility index (Phi) is 3.57. The van der Waals surface area contributed by atoms with Crippen LogP contribution in [0.1, 0.15) is 36.7 Å². The van der Waals surface area contributed by atoms with Crippen LogP contribution >= 0.6 is 12.6 Å². The molecule has 0 aliphatic rings. The van der Waals surface area contributed by atoms with Crippen LogP contribution in [0.4, 0.5) is 0 Å². The van der Waals surface area contributed by atoms with Crippen LogP contribution in [0.3, 0.4) is 0 Å². The molecule has 0 atom stereocenters. The minimum absolute atomic E-state index is 0.543. The van der Waals surface area contributed by atoms with Gasteiger partial charge in [0.15, 0.2) is 0 Å². The van der Waals surface area contributed by atoms with Crippen molar-refractivity contribution in [2.75, 3.05) is 0 Å². The number of benzene rings is 1. The van der Waals surface area contributed by atoms with Crippen molar-refractivity contribution in [3.8, 4) is 11.3 Å². The molecular weight excluding hydrogens is 228 g/mol. The summed E-state index contributed by atoms with van der Waals surface area (Å²) < 4.78 is 0. The second-order valence-electron chi connectivity index (χ2n) is 4.63. The average molecular weight is 246 g/mol. The molecule has 0 saturated carbocycles. The van der Waals surface area contributed by atoms with Gasteiger partial charge in [0.2, 0.25) is 0 Å². The number of nitrogens with one attached hydrogen (secondary N) is 1. The largest absolute Gasteiger partial charge is 0.341 e. The van der Waals surface area contributed by atoms with E-state index in [2.05, 4.69) is 61.6 Å². The van der Waals surface area contributed by atoms with Crippen molar-refractivity contribution in [1.29, 1.82) is 0 Å². The normalized spacial score (nSPS) is 11.1. The number of imidazole rings is 1. The molecule has 2 rings (SSSR count). The van der Waals surface area contributed by atoms with E-state index in [9.17, 15) is 0 Å². The van der Waals surface area contributed by atoms with Gasteiger partial charge in [0, 0.05) is 11.3 Å². The summed E-state index contributed by atoms with van der Waals surface area (Å²) in [5, 5.41) is 0. The minimum atomic E-state index is 0.543. The van der Waals surface area contributed by atoms with E-state index in [0.29, 0.717) is 11.7 Å². The van der Waals surface area contributed by atoms with E-state index in [0.717, 1.165) is 11.5 Å². The Bertz CT molecular complexity index is 515. The molecule has 0 amide bonds. The summed E-state index contributed by atoms with van der Waals surface area (Å²) in [6, 6.07) is 6.61. The lowest BCUT2D eigenvalue weighted by atomic mass is 9.97. The topological polar surface area (TPSA) is 28.7 Å². The zero-order chi connectivity index (χ0) is 12.4. The van der Waals surface area contributed by atoms with Crippen LogP contribution in [-0.4, -0.2) is 9.97 Å². The van der Waals surface area contributed by atoms with Gasteiger partial charge in [-0.2, -0.15) is 12.6 Å². The van der Waals surface area contributed by atoms with Crippen molar-refractivity contribution in [3.63, 3.8) is 0 Å². The summed E-state index contributed by atoms with van der Waals surface area (Å²) >= 11 is 4.22. The highest BCUT2D eigenvalue weighted by atomic mass is 32.1. The van der Waals surface area contributed by atoms with Crippen molar-refractivity contribution in [2.45, 2.75) is 32.4 Å². The molecule has 17 heavy (non-hydrogen) atoms. The summed E-state index contributed by atoms with van der Waals surface area (Å²) in [5.74, 6) is 2.10. The van der Waals surface area contributed by atoms with Gasteiger partial charge in [-0.3, -0.25) is 0 Å². The van der Waals surface area contributed by atoms with E-state index in [1.807, 2.05) is 6.20 Å². The number of rotatable bonds is 3. The smallest absolute Gasteiger partial charge is 0.116 e. The Labute approximate surface area is 108 Å². The van der Waals surface area contributed by atoms with E-state index >= 15 is 0 Å². The van der Waals surface area contributed by atoms with Crippen LogP contribution in [0.25, 0.3) is 11.3 Å². The maximum atomic E-state index is 4.29. The molecule has 1 heterocycles. The highest BCUT2D eigenvalue weighted by Crippen LogP contribution is 2.26. The molecule has 0 aliphatic heterocycles. The first-order chi connectivity index (χ1) is 8.11. The van der Waals surface area contributed by atoms with Gasteiger partial charge >= 0.3 is 0 Å². The van der Waals surface area contributed by atoms with Gasteiger partial charge in [0.1, 0.15) is 5.82 Å². The lowest BCUT2D eigenvalue weighted by Gasteiger charge is -2.10. The standard InChI is InChI=1S/C14H18N2S/c1-9(2)11-5-4-10(3)12(6-11)13-7-15-14(8-17)16-13/h4-7,9,17H,8H2,1-3H3,(H,15,16). The third-order valence-corrected chi connectivity index (χ3v) is 3.30. The van der Waals surface area contributed by atoms with Crippen molar-refractivity contribution >= 4 is 12.6 Å². The number of aryl methyl sites for hydroxylation is 1. The molecule has 0 bridgehead atoms. The quantitative estimate of drug-likeness (QED) is 0.789. The lowest BCUT2D eigenvalue weighted by Crippen LogP contribution is -1.91. The monoisotopic (exact) mass is 246 g/mol. The number of aromatic amines is 1. The van der Waals surface area contributed by atoms with Crippen molar-refractivity contribution in [1.82, 2.24) is 9.97 Å². The second-order valence-corrected chi connectivity index (χ2v) is 4.95. The van der Waals surface area contributed by atoms with Gasteiger partial charge in [-0.25, -0.2) is 4.98 Å². The molecular formula is C14H18N2S. The average Bonchev–Trinajstić information content (AvgIpc) is 2.77. The first-order valence-electron chi connectivity index (χ1n) is 5.87. The molecule has 0 spiro atoms. The third-order valence-electron chi connectivity index (χ3n) is 3.00. The Morgan fingerprint density at radius 1 is 1.35 bits per heavy atom. The minimum Gasteiger partial charge on any atom is -0.341 e. The van der Waals surface area contributed by atoms with Gasteiger partial charge in [-0.1, -0.05) is 26.0 Å².